The van der Waals surface area contributed by atoms with Crippen molar-refractivity contribution in [1.29, 1.82) is 0 Å². The zero-order valence-electron chi connectivity index (χ0n) is 16.4. The van der Waals surface area contributed by atoms with Gasteiger partial charge in [-0.15, -0.1) is 0 Å². The highest BCUT2D eigenvalue weighted by molar-refractivity contribution is 6.06. The van der Waals surface area contributed by atoms with Crippen molar-refractivity contribution >= 4 is 17.5 Å². The normalized spacial score (nSPS) is 14.1. The molecule has 0 spiro atoms. The van der Waals surface area contributed by atoms with E-state index in [9.17, 15) is 9.59 Å². The van der Waals surface area contributed by atoms with Crippen LogP contribution in [0.1, 0.15) is 40.1 Å². The van der Waals surface area contributed by atoms with Gasteiger partial charge in [-0.1, -0.05) is 6.07 Å². The Morgan fingerprint density at radius 3 is 2.64 bits per heavy atom. The molecule has 1 saturated heterocycles. The number of nitrogens with zero attached hydrogens (tertiary/aromatic N) is 2. The largest absolute Gasteiger partial charge is 0.474 e. The van der Waals surface area contributed by atoms with Crippen LogP contribution in [-0.4, -0.2) is 54.1 Å². The predicted molar refractivity (Wildman–Crippen MR) is 106 cm³/mol. The number of hydrogen-bond donors (Lipinski definition) is 1. The number of nitrogens with one attached hydrogen (secondary N) is 1. The number of aryl methyl sites for hydroxylation is 1. The molecule has 3 rings (SSSR count). The fourth-order valence-corrected chi connectivity index (χ4v) is 2.95. The van der Waals surface area contributed by atoms with Gasteiger partial charge in [-0.25, -0.2) is 4.98 Å². The zero-order chi connectivity index (χ0) is 20.1. The van der Waals surface area contributed by atoms with E-state index in [1.807, 2.05) is 26.8 Å². The highest BCUT2D eigenvalue weighted by atomic mass is 16.5. The molecule has 2 amide bonds. The maximum absolute atomic E-state index is 12.8. The van der Waals surface area contributed by atoms with Gasteiger partial charge in [-0.05, 0) is 50.6 Å². The second-order valence-corrected chi connectivity index (χ2v) is 6.91. The number of carbonyl (C=O) groups is 2. The summed E-state index contributed by atoms with van der Waals surface area (Å²) in [5, 5.41) is 2.84. The summed E-state index contributed by atoms with van der Waals surface area (Å²) in [5.41, 5.74) is 2.33. The van der Waals surface area contributed by atoms with Gasteiger partial charge in [-0.2, -0.15) is 0 Å². The van der Waals surface area contributed by atoms with Gasteiger partial charge in [-0.3, -0.25) is 9.59 Å². The molecule has 0 atom stereocenters. The molecule has 0 bridgehead atoms. The lowest BCUT2D eigenvalue weighted by atomic mass is 10.1. The Kier molecular flexibility index (Phi) is 6.26. The van der Waals surface area contributed by atoms with Crippen LogP contribution in [0.4, 0.5) is 5.69 Å². The molecule has 148 valence electrons. The summed E-state index contributed by atoms with van der Waals surface area (Å²) in [5.74, 6) is -0.105. The summed E-state index contributed by atoms with van der Waals surface area (Å²) in [4.78, 5) is 31.5. The first-order valence-corrected chi connectivity index (χ1v) is 9.36. The first-order valence-electron chi connectivity index (χ1n) is 9.36. The van der Waals surface area contributed by atoms with Gasteiger partial charge in [0.05, 0.1) is 19.3 Å². The lowest BCUT2D eigenvalue weighted by molar-refractivity contribution is 0.0302. The van der Waals surface area contributed by atoms with Gasteiger partial charge in [0.1, 0.15) is 5.56 Å². The average Bonchev–Trinajstić information content (AvgIpc) is 2.69. The van der Waals surface area contributed by atoms with Crippen LogP contribution in [0.15, 0.2) is 36.5 Å². The van der Waals surface area contributed by atoms with Crippen molar-refractivity contribution in [3.8, 4) is 5.88 Å². The average molecular weight is 383 g/mol. The number of rotatable bonds is 5. The van der Waals surface area contributed by atoms with Crippen LogP contribution in [0.5, 0.6) is 5.88 Å². The number of aromatic nitrogens is 1. The number of pyridine rings is 1. The van der Waals surface area contributed by atoms with Crippen molar-refractivity contribution in [2.45, 2.75) is 26.9 Å². The van der Waals surface area contributed by atoms with E-state index in [-0.39, 0.29) is 23.8 Å². The molecule has 0 saturated carbocycles. The second kappa shape index (κ2) is 8.84. The summed E-state index contributed by atoms with van der Waals surface area (Å²) in [6.07, 6.45) is 1.48. The molecule has 28 heavy (non-hydrogen) atoms. The molecule has 1 aromatic carbocycles. The lowest BCUT2D eigenvalue weighted by Crippen LogP contribution is -2.41. The van der Waals surface area contributed by atoms with Crippen LogP contribution in [0.25, 0.3) is 0 Å². The standard InChI is InChI=1S/C21H25N3O4/c1-14(2)28-20-17(5-4-8-22-20)19(25)23-16-7-6-15(3)18(13-16)21(26)24-9-11-27-12-10-24/h4-8,13-14H,9-12H2,1-3H3,(H,23,25). The van der Waals surface area contributed by atoms with E-state index in [2.05, 4.69) is 10.3 Å². The minimum atomic E-state index is -0.336. The number of morpholine rings is 1. The van der Waals surface area contributed by atoms with Crippen molar-refractivity contribution in [2.24, 2.45) is 0 Å². The van der Waals surface area contributed by atoms with E-state index >= 15 is 0 Å². The molecule has 1 aromatic heterocycles. The molecule has 0 radical (unpaired) electrons. The molecule has 2 aromatic rings. The Hall–Kier alpha value is -2.93. The quantitative estimate of drug-likeness (QED) is 0.859. The number of amides is 2. The third-order valence-electron chi connectivity index (χ3n) is 4.39. The fraction of sp³-hybridized carbons (Fsp3) is 0.381. The number of benzene rings is 1. The number of hydrogen-bond acceptors (Lipinski definition) is 5. The minimum absolute atomic E-state index is 0.0536. The fourth-order valence-electron chi connectivity index (χ4n) is 2.95. The highest BCUT2D eigenvalue weighted by Crippen LogP contribution is 2.21. The van der Waals surface area contributed by atoms with Gasteiger partial charge >= 0.3 is 0 Å². The summed E-state index contributed by atoms with van der Waals surface area (Å²) < 4.78 is 10.9. The molecule has 7 nitrogen and oxygen atoms in total. The Labute approximate surface area is 164 Å². The molecule has 1 aliphatic heterocycles. The van der Waals surface area contributed by atoms with Crippen LogP contribution < -0.4 is 10.1 Å². The molecule has 1 fully saturated rings. The highest BCUT2D eigenvalue weighted by Gasteiger charge is 2.21. The van der Waals surface area contributed by atoms with E-state index in [4.69, 9.17) is 9.47 Å². The van der Waals surface area contributed by atoms with Crippen molar-refractivity contribution in [3.63, 3.8) is 0 Å². The predicted octanol–water partition coefficient (Wildman–Crippen LogP) is 2.90. The van der Waals surface area contributed by atoms with E-state index in [0.717, 1.165) is 5.56 Å². The van der Waals surface area contributed by atoms with E-state index in [1.165, 1.54) is 0 Å². The number of carbonyl (C=O) groups excluding carboxylic acids is 2. The molecule has 0 aliphatic carbocycles. The smallest absolute Gasteiger partial charge is 0.261 e. The van der Waals surface area contributed by atoms with Gasteiger partial charge in [0.2, 0.25) is 5.88 Å². The van der Waals surface area contributed by atoms with E-state index in [0.29, 0.717) is 43.1 Å². The van der Waals surface area contributed by atoms with Crippen LogP contribution in [-0.2, 0) is 4.74 Å². The Balaban J connectivity index is 1.80. The topological polar surface area (TPSA) is 80.8 Å². The third kappa shape index (κ3) is 4.67. The van der Waals surface area contributed by atoms with Crippen LogP contribution in [0.2, 0.25) is 0 Å². The first-order chi connectivity index (χ1) is 13.5. The van der Waals surface area contributed by atoms with Crippen molar-refractivity contribution in [1.82, 2.24) is 9.88 Å². The summed E-state index contributed by atoms with van der Waals surface area (Å²) in [7, 11) is 0. The van der Waals surface area contributed by atoms with Gasteiger partial charge in [0.25, 0.3) is 11.8 Å². The zero-order valence-corrected chi connectivity index (χ0v) is 16.4. The van der Waals surface area contributed by atoms with Crippen molar-refractivity contribution in [3.05, 3.63) is 53.2 Å². The van der Waals surface area contributed by atoms with Gasteiger partial charge < -0.3 is 19.7 Å². The van der Waals surface area contributed by atoms with Crippen LogP contribution in [0, 0.1) is 6.92 Å². The Bertz CT molecular complexity index is 860. The van der Waals surface area contributed by atoms with Gasteiger partial charge in [0, 0.05) is 30.5 Å². The molecule has 2 heterocycles. The van der Waals surface area contributed by atoms with Crippen molar-refractivity contribution < 1.29 is 19.1 Å². The monoisotopic (exact) mass is 383 g/mol. The van der Waals surface area contributed by atoms with E-state index in [1.54, 1.807) is 35.4 Å². The van der Waals surface area contributed by atoms with Crippen LogP contribution in [0.3, 0.4) is 0 Å². The minimum Gasteiger partial charge on any atom is -0.474 e. The van der Waals surface area contributed by atoms with Gasteiger partial charge in [0.15, 0.2) is 0 Å². The SMILES string of the molecule is Cc1ccc(NC(=O)c2cccnc2OC(C)C)cc1C(=O)N1CCOCC1. The molecular formula is C21H25N3O4. The Morgan fingerprint density at radius 2 is 1.93 bits per heavy atom. The molecular weight excluding hydrogens is 358 g/mol. The summed E-state index contributed by atoms with van der Waals surface area (Å²) >= 11 is 0. The first kappa shape index (κ1) is 19.8. The third-order valence-corrected chi connectivity index (χ3v) is 4.39. The summed E-state index contributed by atoms with van der Waals surface area (Å²) in [6.45, 7) is 7.86. The molecule has 0 unspecified atom stereocenters. The molecule has 7 heteroatoms. The summed E-state index contributed by atoms with van der Waals surface area (Å²) in [6, 6.07) is 8.67. The number of anilines is 1. The molecule has 1 aliphatic rings. The maximum Gasteiger partial charge on any atom is 0.261 e. The Morgan fingerprint density at radius 1 is 1.18 bits per heavy atom. The lowest BCUT2D eigenvalue weighted by Gasteiger charge is -2.27. The second-order valence-electron chi connectivity index (χ2n) is 6.91. The maximum atomic E-state index is 12.8. The number of ether oxygens (including phenoxy) is 2. The van der Waals surface area contributed by atoms with Crippen molar-refractivity contribution in [2.75, 3.05) is 31.6 Å². The van der Waals surface area contributed by atoms with Crippen LogP contribution >= 0.6 is 0 Å². The van der Waals surface area contributed by atoms with E-state index < -0.39 is 0 Å². The molecule has 1 N–H and O–H groups in total.